The van der Waals surface area contributed by atoms with Gasteiger partial charge in [-0.25, -0.2) is 4.99 Å². The normalized spacial score (nSPS) is 18.3. The van der Waals surface area contributed by atoms with Crippen molar-refractivity contribution >= 4 is 24.9 Å². The second-order valence-electron chi connectivity index (χ2n) is 12.7. The Balaban J connectivity index is 1.72. The first-order valence-electron chi connectivity index (χ1n) is 13.9. The summed E-state index contributed by atoms with van der Waals surface area (Å²) in [5.41, 5.74) is -0.155. The zero-order valence-corrected chi connectivity index (χ0v) is 26.7. The van der Waals surface area contributed by atoms with Gasteiger partial charge in [-0.15, -0.1) is 0 Å². The van der Waals surface area contributed by atoms with Crippen molar-refractivity contribution in [3.63, 3.8) is 0 Å². The molecule has 0 radical (unpaired) electrons. The third-order valence-electron chi connectivity index (χ3n) is 7.21. The molecule has 0 amide bonds. The van der Waals surface area contributed by atoms with Gasteiger partial charge in [0, 0.05) is 22.3 Å². The van der Waals surface area contributed by atoms with E-state index in [1.165, 1.54) is 6.07 Å². The van der Waals surface area contributed by atoms with Crippen LogP contribution in [-0.2, 0) is 32.8 Å². The molecule has 1 aliphatic heterocycles. The zero-order valence-electron chi connectivity index (χ0n) is 25.0. The quantitative estimate of drug-likeness (QED) is 0.187. The SMILES string of the molecule is CC1=NC(CCc2ccc(OCCCc3cccc(Cl)c3)c(C(F)(F)F)c2)(COP(=O)(C(C)(C)C)C(C)(C)C)CO1. The van der Waals surface area contributed by atoms with E-state index in [0.29, 0.717) is 42.2 Å². The van der Waals surface area contributed by atoms with Gasteiger partial charge in [-0.1, -0.05) is 71.3 Å². The average molecular weight is 616 g/mol. The van der Waals surface area contributed by atoms with Crippen molar-refractivity contribution in [2.45, 2.75) is 96.2 Å². The number of hydrogen-bond acceptors (Lipinski definition) is 5. The van der Waals surface area contributed by atoms with Crippen LogP contribution in [0.1, 0.15) is 78.0 Å². The Morgan fingerprint density at radius 3 is 2.22 bits per heavy atom. The Morgan fingerprint density at radius 2 is 1.66 bits per heavy atom. The van der Waals surface area contributed by atoms with Crippen LogP contribution in [0.4, 0.5) is 13.2 Å². The minimum absolute atomic E-state index is 0.0517. The van der Waals surface area contributed by atoms with Crippen LogP contribution < -0.4 is 4.74 Å². The molecule has 0 aromatic heterocycles. The van der Waals surface area contributed by atoms with Crippen molar-refractivity contribution < 1.29 is 31.7 Å². The summed E-state index contributed by atoms with van der Waals surface area (Å²) in [6.07, 6.45) is -2.71. The molecule has 0 saturated carbocycles. The molecule has 2 aromatic rings. The maximum atomic E-state index is 14.1. The van der Waals surface area contributed by atoms with Crippen LogP contribution in [0.15, 0.2) is 47.5 Å². The number of aryl methyl sites for hydroxylation is 2. The minimum Gasteiger partial charge on any atom is -0.493 e. The van der Waals surface area contributed by atoms with Gasteiger partial charge in [0.25, 0.3) is 0 Å². The fraction of sp³-hybridized carbons (Fsp3) is 0.581. The Bertz CT molecular complexity index is 1270. The van der Waals surface area contributed by atoms with E-state index >= 15 is 0 Å². The molecule has 41 heavy (non-hydrogen) atoms. The molecule has 5 nitrogen and oxygen atoms in total. The maximum absolute atomic E-state index is 14.1. The molecule has 1 atom stereocenters. The fourth-order valence-electron chi connectivity index (χ4n) is 5.12. The van der Waals surface area contributed by atoms with Gasteiger partial charge in [0.1, 0.15) is 17.9 Å². The average Bonchev–Trinajstić information content (AvgIpc) is 3.23. The summed E-state index contributed by atoms with van der Waals surface area (Å²) in [6.45, 7) is 13.5. The molecule has 0 bridgehead atoms. The van der Waals surface area contributed by atoms with Crippen molar-refractivity contribution in [2.24, 2.45) is 4.99 Å². The molecule has 1 aliphatic rings. The Labute approximate surface area is 247 Å². The highest BCUT2D eigenvalue weighted by Crippen LogP contribution is 2.67. The van der Waals surface area contributed by atoms with Crippen LogP contribution >= 0.6 is 19.0 Å². The van der Waals surface area contributed by atoms with Gasteiger partial charge in [-0.2, -0.15) is 13.2 Å². The van der Waals surface area contributed by atoms with E-state index in [4.69, 9.17) is 25.6 Å². The fourth-order valence-corrected chi connectivity index (χ4v) is 8.55. The van der Waals surface area contributed by atoms with Gasteiger partial charge in [0.15, 0.2) is 5.90 Å². The van der Waals surface area contributed by atoms with Crippen LogP contribution in [0.2, 0.25) is 5.02 Å². The summed E-state index contributed by atoms with van der Waals surface area (Å²) in [5.74, 6) is 0.284. The molecule has 1 heterocycles. The molecule has 2 aromatic carbocycles. The number of ether oxygens (including phenoxy) is 2. The number of aliphatic imine (C=N–C) groups is 1. The van der Waals surface area contributed by atoms with Crippen molar-refractivity contribution in [1.82, 2.24) is 0 Å². The zero-order chi connectivity index (χ0) is 30.7. The highest BCUT2D eigenvalue weighted by atomic mass is 35.5. The lowest BCUT2D eigenvalue weighted by atomic mass is 9.93. The Morgan fingerprint density at radius 1 is 1.00 bits per heavy atom. The summed E-state index contributed by atoms with van der Waals surface area (Å²) in [5, 5.41) is -0.582. The van der Waals surface area contributed by atoms with Gasteiger partial charge in [-0.3, -0.25) is 4.57 Å². The third kappa shape index (κ3) is 8.52. The maximum Gasteiger partial charge on any atom is 0.419 e. The number of halogens is 4. The molecule has 228 valence electrons. The lowest BCUT2D eigenvalue weighted by molar-refractivity contribution is -0.139. The van der Waals surface area contributed by atoms with Crippen LogP contribution in [0.25, 0.3) is 0 Å². The van der Waals surface area contributed by atoms with Crippen molar-refractivity contribution in [3.8, 4) is 5.75 Å². The number of nitrogens with zero attached hydrogens (tertiary/aromatic N) is 1. The molecule has 0 aliphatic carbocycles. The topological polar surface area (TPSA) is 57.1 Å². The number of hydrogen-bond donors (Lipinski definition) is 0. The predicted molar refractivity (Wildman–Crippen MR) is 160 cm³/mol. The van der Waals surface area contributed by atoms with Gasteiger partial charge in [0.2, 0.25) is 7.37 Å². The third-order valence-corrected chi connectivity index (χ3v) is 11.5. The van der Waals surface area contributed by atoms with Crippen LogP contribution in [-0.4, -0.2) is 41.6 Å². The lowest BCUT2D eigenvalue weighted by Crippen LogP contribution is -2.38. The van der Waals surface area contributed by atoms with Gasteiger partial charge in [-0.05, 0) is 61.1 Å². The first-order chi connectivity index (χ1) is 18.9. The van der Waals surface area contributed by atoms with E-state index in [0.717, 1.165) is 11.6 Å². The molecule has 0 saturated heterocycles. The first kappa shape index (κ1) is 33.5. The van der Waals surface area contributed by atoms with E-state index < -0.39 is 35.0 Å². The second-order valence-corrected chi connectivity index (χ2v) is 17.2. The van der Waals surface area contributed by atoms with Crippen LogP contribution in [0, 0.1) is 0 Å². The molecule has 3 rings (SSSR count). The van der Waals surface area contributed by atoms with Gasteiger partial charge in [0.05, 0.1) is 18.8 Å². The van der Waals surface area contributed by atoms with Crippen molar-refractivity contribution in [1.29, 1.82) is 0 Å². The van der Waals surface area contributed by atoms with E-state index in [2.05, 4.69) is 4.99 Å². The second kappa shape index (κ2) is 12.7. The summed E-state index contributed by atoms with van der Waals surface area (Å²) < 4.78 is 73.5. The highest BCUT2D eigenvalue weighted by molar-refractivity contribution is 7.62. The molecular weight excluding hydrogens is 574 g/mol. The van der Waals surface area contributed by atoms with E-state index in [1.807, 2.05) is 59.7 Å². The minimum atomic E-state index is -4.57. The summed E-state index contributed by atoms with van der Waals surface area (Å²) in [6, 6.07) is 11.5. The van der Waals surface area contributed by atoms with Crippen LogP contribution in [0.3, 0.4) is 0 Å². The van der Waals surface area contributed by atoms with Crippen molar-refractivity contribution in [2.75, 3.05) is 19.8 Å². The molecule has 0 N–H and O–H groups in total. The standard InChI is InChI=1S/C31H42ClF3NO4P/c1-22-36-30(20-39-22,21-40-41(37,28(2,3)4)29(5,6)7)16-15-24-13-14-27(26(19-24)31(33,34)35)38-17-9-11-23-10-8-12-25(32)18-23/h8,10,12-14,18-19H,9,11,15-17,20-21H2,1-7H3. The molecule has 10 heteroatoms. The van der Waals surface area contributed by atoms with E-state index in [-0.39, 0.29) is 25.6 Å². The predicted octanol–water partition coefficient (Wildman–Crippen LogP) is 9.38. The van der Waals surface area contributed by atoms with E-state index in [1.54, 1.807) is 19.1 Å². The van der Waals surface area contributed by atoms with Crippen LogP contribution in [0.5, 0.6) is 5.75 Å². The van der Waals surface area contributed by atoms with Crippen molar-refractivity contribution in [3.05, 3.63) is 64.2 Å². The summed E-state index contributed by atoms with van der Waals surface area (Å²) >= 11 is 6.01. The Kier molecular flexibility index (Phi) is 10.4. The molecular formula is C31H42ClF3NO4P. The van der Waals surface area contributed by atoms with Gasteiger partial charge < -0.3 is 14.0 Å². The summed E-state index contributed by atoms with van der Waals surface area (Å²) in [7, 11) is -3.17. The monoisotopic (exact) mass is 615 g/mol. The summed E-state index contributed by atoms with van der Waals surface area (Å²) in [4.78, 5) is 4.66. The molecule has 0 fully saturated rings. The lowest BCUT2D eigenvalue weighted by Gasteiger charge is -2.41. The molecule has 1 unspecified atom stereocenters. The number of benzene rings is 2. The smallest absolute Gasteiger partial charge is 0.419 e. The number of alkyl halides is 3. The van der Waals surface area contributed by atoms with Gasteiger partial charge >= 0.3 is 6.18 Å². The Hall–Kier alpha value is -2.02. The largest absolute Gasteiger partial charge is 0.493 e. The highest BCUT2D eigenvalue weighted by Gasteiger charge is 2.50. The first-order valence-corrected chi connectivity index (χ1v) is 15.9. The number of rotatable bonds is 11. The molecule has 0 spiro atoms. The van der Waals surface area contributed by atoms with E-state index in [9.17, 15) is 17.7 Å².